The van der Waals surface area contributed by atoms with Crippen LogP contribution in [0.4, 0.5) is 11.4 Å². The van der Waals surface area contributed by atoms with Gasteiger partial charge in [-0.25, -0.2) is 4.98 Å². The summed E-state index contributed by atoms with van der Waals surface area (Å²) in [4.78, 5) is 22.7. The van der Waals surface area contributed by atoms with Crippen molar-refractivity contribution >= 4 is 54.8 Å². The van der Waals surface area contributed by atoms with Gasteiger partial charge in [-0.3, -0.25) is 9.78 Å². The Morgan fingerprint density at radius 2 is 1.93 bits per heavy atom. The molecule has 3 heterocycles. The Kier molecular flexibility index (Phi) is 4.63. The third-order valence-electron chi connectivity index (χ3n) is 4.21. The maximum Gasteiger partial charge on any atom is 0.267 e. The van der Waals surface area contributed by atoms with Crippen molar-refractivity contribution in [1.29, 1.82) is 0 Å². The van der Waals surface area contributed by atoms with Crippen LogP contribution < -0.4 is 11.1 Å². The van der Waals surface area contributed by atoms with E-state index in [2.05, 4.69) is 31.2 Å². The van der Waals surface area contributed by atoms with Crippen molar-refractivity contribution in [2.45, 2.75) is 6.92 Å². The van der Waals surface area contributed by atoms with Crippen molar-refractivity contribution in [2.75, 3.05) is 11.1 Å². The number of pyridine rings is 2. The highest BCUT2D eigenvalue weighted by molar-refractivity contribution is 9.10. The molecule has 4 aromatic rings. The van der Waals surface area contributed by atoms with E-state index in [1.54, 1.807) is 12.4 Å². The van der Waals surface area contributed by atoms with Crippen LogP contribution in [0.3, 0.4) is 0 Å². The molecule has 134 valence electrons. The van der Waals surface area contributed by atoms with Crippen molar-refractivity contribution in [3.8, 4) is 11.3 Å². The fraction of sp³-hybridized carbons (Fsp3) is 0.0500. The van der Waals surface area contributed by atoms with Crippen molar-refractivity contribution < 1.29 is 4.79 Å². The lowest BCUT2D eigenvalue weighted by molar-refractivity contribution is 0.103. The third kappa shape index (κ3) is 3.43. The number of halogens is 1. The number of nitrogens with zero attached hydrogens (tertiary/aromatic N) is 2. The summed E-state index contributed by atoms with van der Waals surface area (Å²) >= 11 is 4.72. The van der Waals surface area contributed by atoms with Gasteiger partial charge in [0.2, 0.25) is 0 Å². The summed E-state index contributed by atoms with van der Waals surface area (Å²) in [5, 5.41) is 3.72. The Morgan fingerprint density at radius 3 is 2.67 bits per heavy atom. The standard InChI is InChI=1S/C20H15BrN4OS/c1-11-10-13(21)2-4-15(11)24-19(26)18-17(22)14-3-5-16(25-20(14)27-18)12-6-8-23-9-7-12/h2-10H,22H2,1H3,(H,24,26). The van der Waals surface area contributed by atoms with Crippen LogP contribution in [0.5, 0.6) is 0 Å². The van der Waals surface area contributed by atoms with Gasteiger partial charge in [-0.1, -0.05) is 15.9 Å². The molecule has 0 radical (unpaired) electrons. The number of aromatic nitrogens is 2. The van der Waals surface area contributed by atoms with Crippen LogP contribution in [0.2, 0.25) is 0 Å². The fourth-order valence-electron chi connectivity index (χ4n) is 2.80. The minimum atomic E-state index is -0.230. The largest absolute Gasteiger partial charge is 0.397 e. The van der Waals surface area contributed by atoms with Gasteiger partial charge in [0, 0.05) is 33.5 Å². The van der Waals surface area contributed by atoms with Crippen molar-refractivity contribution in [2.24, 2.45) is 0 Å². The topological polar surface area (TPSA) is 80.9 Å². The molecular weight excluding hydrogens is 424 g/mol. The maximum atomic E-state index is 12.8. The molecule has 0 atom stereocenters. The Bertz CT molecular complexity index is 1160. The molecular formula is C20H15BrN4OS. The van der Waals surface area contributed by atoms with Crippen molar-refractivity contribution in [3.05, 3.63) is 69.8 Å². The molecule has 0 aliphatic heterocycles. The van der Waals surface area contributed by atoms with E-state index in [1.807, 2.05) is 49.4 Å². The fourth-order valence-corrected chi connectivity index (χ4v) is 4.26. The van der Waals surface area contributed by atoms with Crippen LogP contribution in [-0.2, 0) is 0 Å². The van der Waals surface area contributed by atoms with Crippen molar-refractivity contribution in [3.63, 3.8) is 0 Å². The first-order valence-corrected chi connectivity index (χ1v) is 9.81. The van der Waals surface area contributed by atoms with Crippen LogP contribution in [-0.4, -0.2) is 15.9 Å². The molecule has 0 spiro atoms. The van der Waals surface area contributed by atoms with Gasteiger partial charge in [0.05, 0.1) is 11.4 Å². The summed E-state index contributed by atoms with van der Waals surface area (Å²) in [6, 6.07) is 13.3. The SMILES string of the molecule is Cc1cc(Br)ccc1NC(=O)c1sc2nc(-c3ccncc3)ccc2c1N. The molecule has 5 nitrogen and oxygen atoms in total. The van der Waals surface area contributed by atoms with Crippen LogP contribution in [0.15, 0.2) is 59.3 Å². The van der Waals surface area contributed by atoms with Crippen LogP contribution >= 0.6 is 27.3 Å². The molecule has 27 heavy (non-hydrogen) atoms. The molecule has 0 aliphatic carbocycles. The predicted octanol–water partition coefficient (Wildman–Crippen LogP) is 5.26. The van der Waals surface area contributed by atoms with Gasteiger partial charge >= 0.3 is 0 Å². The summed E-state index contributed by atoms with van der Waals surface area (Å²) in [6.07, 6.45) is 3.45. The second-order valence-electron chi connectivity index (χ2n) is 6.04. The molecule has 3 N–H and O–H groups in total. The quantitative estimate of drug-likeness (QED) is 0.456. The van der Waals surface area contributed by atoms with Gasteiger partial charge in [0.25, 0.3) is 5.91 Å². The zero-order valence-electron chi connectivity index (χ0n) is 14.4. The number of benzene rings is 1. The number of carbonyl (C=O) groups excluding carboxylic acids is 1. The molecule has 3 aromatic heterocycles. The molecule has 0 bridgehead atoms. The minimum Gasteiger partial charge on any atom is -0.397 e. The Morgan fingerprint density at radius 1 is 1.15 bits per heavy atom. The Hall–Kier alpha value is -2.77. The maximum absolute atomic E-state index is 12.8. The number of nitrogens with two attached hydrogens (primary N) is 1. The molecule has 0 saturated carbocycles. The Balaban J connectivity index is 1.69. The normalized spacial score (nSPS) is 10.9. The zero-order chi connectivity index (χ0) is 19.0. The van der Waals surface area contributed by atoms with Gasteiger partial charge in [0.1, 0.15) is 9.71 Å². The van der Waals surface area contributed by atoms with Gasteiger partial charge in [-0.2, -0.15) is 0 Å². The molecule has 7 heteroatoms. The lowest BCUT2D eigenvalue weighted by Crippen LogP contribution is -2.12. The molecule has 4 rings (SSSR count). The van der Waals surface area contributed by atoms with E-state index in [-0.39, 0.29) is 5.91 Å². The number of thiophene rings is 1. The lowest BCUT2D eigenvalue weighted by atomic mass is 10.1. The van der Waals surface area contributed by atoms with E-state index in [0.29, 0.717) is 10.6 Å². The van der Waals surface area contributed by atoms with E-state index in [0.717, 1.165) is 37.2 Å². The van der Waals surface area contributed by atoms with Gasteiger partial charge in [-0.15, -0.1) is 11.3 Å². The lowest BCUT2D eigenvalue weighted by Gasteiger charge is -2.08. The number of fused-ring (bicyclic) bond motifs is 1. The number of hydrogen-bond donors (Lipinski definition) is 2. The van der Waals surface area contributed by atoms with Crippen LogP contribution in [0.1, 0.15) is 15.2 Å². The highest BCUT2D eigenvalue weighted by atomic mass is 79.9. The second-order valence-corrected chi connectivity index (χ2v) is 7.96. The molecule has 0 aliphatic rings. The molecule has 0 fully saturated rings. The summed E-state index contributed by atoms with van der Waals surface area (Å²) in [7, 11) is 0. The van der Waals surface area contributed by atoms with Crippen LogP contribution in [0.25, 0.3) is 21.5 Å². The number of amides is 1. The number of nitrogen functional groups attached to an aromatic ring is 1. The first-order valence-electron chi connectivity index (χ1n) is 8.20. The number of hydrogen-bond acceptors (Lipinski definition) is 5. The third-order valence-corrected chi connectivity index (χ3v) is 5.82. The minimum absolute atomic E-state index is 0.230. The first kappa shape index (κ1) is 17.6. The summed E-state index contributed by atoms with van der Waals surface area (Å²) in [6.45, 7) is 1.94. The second kappa shape index (κ2) is 7.09. The Labute approximate surface area is 168 Å². The average Bonchev–Trinajstić information content (AvgIpc) is 3.01. The van der Waals surface area contributed by atoms with E-state index in [1.165, 1.54) is 11.3 Å². The van der Waals surface area contributed by atoms with E-state index >= 15 is 0 Å². The number of rotatable bonds is 3. The number of anilines is 2. The van der Waals surface area contributed by atoms with Crippen LogP contribution in [0, 0.1) is 6.92 Å². The smallest absolute Gasteiger partial charge is 0.267 e. The number of carbonyl (C=O) groups is 1. The number of nitrogens with one attached hydrogen (secondary N) is 1. The van der Waals surface area contributed by atoms with Gasteiger partial charge in [-0.05, 0) is 55.0 Å². The molecule has 0 saturated heterocycles. The summed E-state index contributed by atoms with van der Waals surface area (Å²) in [5.41, 5.74) is 10.2. The first-order chi connectivity index (χ1) is 13.0. The summed E-state index contributed by atoms with van der Waals surface area (Å²) < 4.78 is 0.965. The summed E-state index contributed by atoms with van der Waals surface area (Å²) in [5.74, 6) is -0.230. The highest BCUT2D eigenvalue weighted by Crippen LogP contribution is 2.34. The molecule has 1 amide bonds. The zero-order valence-corrected chi connectivity index (χ0v) is 16.8. The molecule has 1 aromatic carbocycles. The van der Waals surface area contributed by atoms with Gasteiger partial charge < -0.3 is 11.1 Å². The van der Waals surface area contributed by atoms with Gasteiger partial charge in [0.15, 0.2) is 0 Å². The van der Waals surface area contributed by atoms with E-state index in [4.69, 9.17) is 5.73 Å². The number of aryl methyl sites for hydroxylation is 1. The predicted molar refractivity (Wildman–Crippen MR) is 114 cm³/mol. The molecule has 0 unspecified atom stereocenters. The monoisotopic (exact) mass is 438 g/mol. The van der Waals surface area contributed by atoms with E-state index in [9.17, 15) is 4.79 Å². The average molecular weight is 439 g/mol. The highest BCUT2D eigenvalue weighted by Gasteiger charge is 2.18. The van der Waals surface area contributed by atoms with Crippen molar-refractivity contribution in [1.82, 2.24) is 9.97 Å². The van der Waals surface area contributed by atoms with E-state index < -0.39 is 0 Å².